The molecule has 0 spiro atoms. The Balaban J connectivity index is 2.38. The van der Waals surface area contributed by atoms with E-state index in [9.17, 15) is 17.2 Å². The fourth-order valence-electron chi connectivity index (χ4n) is 1.76. The van der Waals surface area contributed by atoms with E-state index in [4.69, 9.17) is 5.73 Å². The number of hydrogen-bond acceptors (Lipinski definition) is 4. The van der Waals surface area contributed by atoms with Crippen molar-refractivity contribution in [1.82, 2.24) is 4.31 Å². The third-order valence-corrected chi connectivity index (χ3v) is 5.90. The molecule has 0 fully saturated rings. The van der Waals surface area contributed by atoms with Gasteiger partial charge in [-0.3, -0.25) is 0 Å². The molecule has 0 radical (unpaired) electrons. The quantitative estimate of drug-likeness (QED) is 0.876. The summed E-state index contributed by atoms with van der Waals surface area (Å²) >= 11 is 1.41. The van der Waals surface area contributed by atoms with Crippen LogP contribution >= 0.6 is 11.3 Å². The van der Waals surface area contributed by atoms with Crippen molar-refractivity contribution < 1.29 is 17.2 Å². The van der Waals surface area contributed by atoms with E-state index in [1.165, 1.54) is 18.4 Å². The molecule has 21 heavy (non-hydrogen) atoms. The van der Waals surface area contributed by atoms with Gasteiger partial charge in [0.25, 0.3) is 0 Å². The Morgan fingerprint density at radius 1 is 1.29 bits per heavy atom. The number of rotatable bonds is 4. The molecule has 0 aliphatic rings. The zero-order valence-electron chi connectivity index (χ0n) is 11.4. The summed E-state index contributed by atoms with van der Waals surface area (Å²) in [6, 6.07) is 3.15. The highest BCUT2D eigenvalue weighted by Crippen LogP contribution is 2.26. The number of nitrogens with two attached hydrogens (primary N) is 1. The predicted molar refractivity (Wildman–Crippen MR) is 78.5 cm³/mol. The SMILES string of the molecule is Cc1ccsc1CN(C)S(=O)(=O)c1cc(N)c(F)cc1F. The lowest BCUT2D eigenvalue weighted by atomic mass is 10.3. The molecule has 2 aromatic rings. The van der Waals surface area contributed by atoms with Crippen molar-refractivity contribution in [2.45, 2.75) is 18.4 Å². The summed E-state index contributed by atoms with van der Waals surface area (Å²) in [5, 5.41) is 1.85. The number of aryl methyl sites for hydroxylation is 1. The minimum absolute atomic E-state index is 0.114. The van der Waals surface area contributed by atoms with Crippen LogP contribution in [-0.2, 0) is 16.6 Å². The Kier molecular flexibility index (Phi) is 4.31. The fourth-order valence-corrected chi connectivity index (χ4v) is 4.02. The molecule has 114 valence electrons. The van der Waals surface area contributed by atoms with Gasteiger partial charge >= 0.3 is 0 Å². The first-order chi connectivity index (χ1) is 9.73. The van der Waals surface area contributed by atoms with Crippen molar-refractivity contribution in [3.8, 4) is 0 Å². The Hall–Kier alpha value is -1.51. The summed E-state index contributed by atoms with van der Waals surface area (Å²) in [6.07, 6.45) is 0. The van der Waals surface area contributed by atoms with Gasteiger partial charge in [-0.25, -0.2) is 17.2 Å². The molecule has 0 amide bonds. The lowest BCUT2D eigenvalue weighted by Crippen LogP contribution is -2.27. The van der Waals surface area contributed by atoms with Gasteiger partial charge in [-0.05, 0) is 30.0 Å². The molecule has 0 aliphatic carbocycles. The molecule has 8 heteroatoms. The number of thiophene rings is 1. The second kappa shape index (κ2) is 5.70. The van der Waals surface area contributed by atoms with Crippen LogP contribution in [-0.4, -0.2) is 19.8 Å². The summed E-state index contributed by atoms with van der Waals surface area (Å²) in [7, 11) is -2.74. The summed E-state index contributed by atoms with van der Waals surface area (Å²) in [5.41, 5.74) is 5.88. The summed E-state index contributed by atoms with van der Waals surface area (Å²) in [5.74, 6) is -2.14. The molecule has 1 aromatic carbocycles. The molecule has 4 nitrogen and oxygen atoms in total. The number of anilines is 1. The highest BCUT2D eigenvalue weighted by molar-refractivity contribution is 7.89. The molecule has 1 aromatic heterocycles. The zero-order valence-corrected chi connectivity index (χ0v) is 13.1. The van der Waals surface area contributed by atoms with Crippen LogP contribution in [0.25, 0.3) is 0 Å². The van der Waals surface area contributed by atoms with Gasteiger partial charge in [-0.2, -0.15) is 4.31 Å². The van der Waals surface area contributed by atoms with Crippen LogP contribution in [0.3, 0.4) is 0 Å². The Morgan fingerprint density at radius 2 is 1.95 bits per heavy atom. The summed E-state index contributed by atoms with van der Waals surface area (Å²) in [4.78, 5) is 0.231. The number of benzene rings is 1. The van der Waals surface area contributed by atoms with E-state index in [0.29, 0.717) is 6.07 Å². The molecule has 2 N–H and O–H groups in total. The van der Waals surface area contributed by atoms with E-state index in [1.54, 1.807) is 0 Å². The number of halogens is 2. The average molecular weight is 332 g/mol. The minimum Gasteiger partial charge on any atom is -0.396 e. The summed E-state index contributed by atoms with van der Waals surface area (Å²) in [6.45, 7) is 1.98. The van der Waals surface area contributed by atoms with Gasteiger partial charge in [-0.15, -0.1) is 11.3 Å². The first-order valence-electron chi connectivity index (χ1n) is 5.97. The molecule has 0 saturated carbocycles. The van der Waals surface area contributed by atoms with Gasteiger partial charge in [0, 0.05) is 24.5 Å². The lowest BCUT2D eigenvalue weighted by Gasteiger charge is -2.17. The minimum atomic E-state index is -4.08. The summed E-state index contributed by atoms with van der Waals surface area (Å²) < 4.78 is 52.6. The van der Waals surface area contributed by atoms with Crippen LogP contribution in [0.15, 0.2) is 28.5 Å². The van der Waals surface area contributed by atoms with Crippen LogP contribution in [0.2, 0.25) is 0 Å². The highest BCUT2D eigenvalue weighted by atomic mass is 32.2. The first kappa shape index (κ1) is 15.9. The van der Waals surface area contributed by atoms with Gasteiger partial charge in [-0.1, -0.05) is 0 Å². The predicted octanol–water partition coefficient (Wildman–Crippen LogP) is 2.74. The van der Waals surface area contributed by atoms with E-state index in [-0.39, 0.29) is 6.54 Å². The van der Waals surface area contributed by atoms with Crippen molar-refractivity contribution in [2.24, 2.45) is 0 Å². The molecule has 0 atom stereocenters. The molecule has 0 unspecified atom stereocenters. The van der Waals surface area contributed by atoms with E-state index < -0.39 is 32.2 Å². The number of sulfonamides is 1. The van der Waals surface area contributed by atoms with Gasteiger partial charge in [0.05, 0.1) is 5.69 Å². The Labute approximate surface area is 125 Å². The van der Waals surface area contributed by atoms with Gasteiger partial charge < -0.3 is 5.73 Å². The topological polar surface area (TPSA) is 63.4 Å². The van der Waals surface area contributed by atoms with E-state index >= 15 is 0 Å². The van der Waals surface area contributed by atoms with Crippen LogP contribution in [0.4, 0.5) is 14.5 Å². The van der Waals surface area contributed by atoms with Crippen molar-refractivity contribution in [3.63, 3.8) is 0 Å². The average Bonchev–Trinajstić information content (AvgIpc) is 2.79. The molecular weight excluding hydrogens is 318 g/mol. The molecule has 0 bridgehead atoms. The van der Waals surface area contributed by atoms with Gasteiger partial charge in [0.2, 0.25) is 10.0 Å². The maximum atomic E-state index is 13.7. The largest absolute Gasteiger partial charge is 0.396 e. The second-order valence-electron chi connectivity index (χ2n) is 4.59. The second-order valence-corrected chi connectivity index (χ2v) is 7.61. The van der Waals surface area contributed by atoms with Crippen molar-refractivity contribution in [1.29, 1.82) is 0 Å². The van der Waals surface area contributed by atoms with Crippen LogP contribution in [0.1, 0.15) is 10.4 Å². The molecule has 0 saturated heterocycles. The molecular formula is C13H14F2N2O2S2. The normalized spacial score (nSPS) is 12.0. The van der Waals surface area contributed by atoms with Crippen molar-refractivity contribution in [3.05, 3.63) is 45.7 Å². The third-order valence-electron chi connectivity index (χ3n) is 3.07. The fraction of sp³-hybridized carbons (Fsp3) is 0.231. The van der Waals surface area contributed by atoms with E-state index in [2.05, 4.69) is 0 Å². The van der Waals surface area contributed by atoms with Gasteiger partial charge in [0.15, 0.2) is 0 Å². The third kappa shape index (κ3) is 3.07. The smallest absolute Gasteiger partial charge is 0.246 e. The number of hydrogen-bond donors (Lipinski definition) is 1. The Morgan fingerprint density at radius 3 is 2.52 bits per heavy atom. The molecule has 0 aliphatic heterocycles. The van der Waals surface area contributed by atoms with E-state index in [1.807, 2.05) is 18.4 Å². The van der Waals surface area contributed by atoms with Crippen LogP contribution in [0.5, 0.6) is 0 Å². The van der Waals surface area contributed by atoms with E-state index in [0.717, 1.165) is 20.8 Å². The maximum Gasteiger partial charge on any atom is 0.246 e. The van der Waals surface area contributed by atoms with Crippen LogP contribution < -0.4 is 5.73 Å². The molecule has 2 rings (SSSR count). The van der Waals surface area contributed by atoms with Crippen molar-refractivity contribution >= 4 is 27.0 Å². The number of nitrogens with zero attached hydrogens (tertiary/aromatic N) is 1. The Bertz CT molecular complexity index is 772. The highest BCUT2D eigenvalue weighted by Gasteiger charge is 2.26. The van der Waals surface area contributed by atoms with Crippen LogP contribution in [0, 0.1) is 18.6 Å². The lowest BCUT2D eigenvalue weighted by molar-refractivity contribution is 0.461. The monoisotopic (exact) mass is 332 g/mol. The number of nitrogen functional groups attached to an aromatic ring is 1. The maximum absolute atomic E-state index is 13.7. The van der Waals surface area contributed by atoms with Crippen molar-refractivity contribution in [2.75, 3.05) is 12.8 Å². The molecule has 1 heterocycles. The standard InChI is InChI=1S/C13H14F2N2O2S2/c1-8-3-4-20-12(8)7-17(2)21(18,19)13-6-11(16)9(14)5-10(13)15/h3-6H,7,16H2,1-2H3. The van der Waals surface area contributed by atoms with Gasteiger partial charge in [0.1, 0.15) is 16.5 Å². The first-order valence-corrected chi connectivity index (χ1v) is 8.29. The zero-order chi connectivity index (χ0) is 15.8.